The molecule has 32 heavy (non-hydrogen) atoms. The lowest BCUT2D eigenvalue weighted by molar-refractivity contribution is -0.151. The fourth-order valence-electron chi connectivity index (χ4n) is 3.77. The van der Waals surface area contributed by atoms with Crippen molar-refractivity contribution in [2.45, 2.75) is 19.3 Å². The molecule has 1 aromatic carbocycles. The van der Waals surface area contributed by atoms with Crippen LogP contribution in [0.5, 0.6) is 5.75 Å². The van der Waals surface area contributed by atoms with Gasteiger partial charge in [-0.05, 0) is 36.8 Å². The van der Waals surface area contributed by atoms with Crippen LogP contribution in [0, 0.1) is 11.8 Å². The number of carbonyl (C=O) groups excluding carboxylic acids is 2. The van der Waals surface area contributed by atoms with Crippen LogP contribution in [0.3, 0.4) is 0 Å². The van der Waals surface area contributed by atoms with Gasteiger partial charge in [0.25, 0.3) is 0 Å². The maximum Gasteiger partial charge on any atom is 0.322 e. The number of aliphatic hydroxyl groups excluding tert-OH is 1. The molecule has 4 rings (SSSR count). The van der Waals surface area contributed by atoms with E-state index >= 15 is 0 Å². The van der Waals surface area contributed by atoms with Crippen molar-refractivity contribution in [3.8, 4) is 5.75 Å². The number of dihydropyridines is 1. The number of para-hydroxylation sites is 2. The summed E-state index contributed by atoms with van der Waals surface area (Å²) in [5.41, 5.74) is 1.36. The molecule has 9 heteroatoms. The van der Waals surface area contributed by atoms with Crippen molar-refractivity contribution >= 4 is 23.7 Å². The molecule has 0 bridgehead atoms. The maximum atomic E-state index is 13.1. The molecule has 1 fully saturated rings. The second kappa shape index (κ2) is 9.69. The molecule has 0 radical (unpaired) electrons. The second-order valence-electron chi connectivity index (χ2n) is 7.32. The molecule has 3 aliphatic rings. The molecule has 9 nitrogen and oxygen atoms in total. The summed E-state index contributed by atoms with van der Waals surface area (Å²) in [5, 5.41) is 15.3. The van der Waals surface area contributed by atoms with Crippen LogP contribution in [-0.4, -0.2) is 55.3 Å². The lowest BCUT2D eigenvalue weighted by Crippen LogP contribution is -2.35. The summed E-state index contributed by atoms with van der Waals surface area (Å²) in [7, 11) is 0. The first kappa shape index (κ1) is 21.6. The first-order valence-corrected chi connectivity index (χ1v) is 10.5. The molecular weight excluding hydrogens is 414 g/mol. The van der Waals surface area contributed by atoms with Gasteiger partial charge < -0.3 is 30.0 Å². The molecule has 0 spiro atoms. The number of carbonyl (C=O) groups is 2. The molecule has 168 valence electrons. The highest BCUT2D eigenvalue weighted by Gasteiger charge is 2.47. The second-order valence-corrected chi connectivity index (χ2v) is 7.32. The van der Waals surface area contributed by atoms with Gasteiger partial charge >= 0.3 is 5.97 Å². The Morgan fingerprint density at radius 2 is 2.22 bits per heavy atom. The van der Waals surface area contributed by atoms with Crippen molar-refractivity contribution in [3.63, 3.8) is 0 Å². The van der Waals surface area contributed by atoms with E-state index < -0.39 is 23.9 Å². The highest BCUT2D eigenvalue weighted by atomic mass is 16.5. The molecule has 3 N–H and O–H groups in total. The smallest absolute Gasteiger partial charge is 0.322 e. The molecule has 4 atom stereocenters. The van der Waals surface area contributed by atoms with Gasteiger partial charge in [0.1, 0.15) is 18.5 Å². The third-order valence-corrected chi connectivity index (χ3v) is 5.25. The molecule has 1 saturated heterocycles. The highest BCUT2D eigenvalue weighted by molar-refractivity contribution is 6.10. The van der Waals surface area contributed by atoms with Crippen LogP contribution < -0.4 is 15.4 Å². The Balaban J connectivity index is 1.59. The average molecular weight is 439 g/mol. The number of aliphatic imine (C=N–C) groups is 1. The quantitative estimate of drug-likeness (QED) is 0.317. The predicted molar refractivity (Wildman–Crippen MR) is 117 cm³/mol. The summed E-state index contributed by atoms with van der Waals surface area (Å²) in [6.07, 6.45) is 7.92. The topological polar surface area (TPSA) is 118 Å². The highest BCUT2D eigenvalue weighted by Crippen LogP contribution is 2.34. The number of nitrogens with zero attached hydrogens (tertiary/aromatic N) is 1. The monoisotopic (exact) mass is 439 g/mol. The molecule has 0 aromatic heterocycles. The van der Waals surface area contributed by atoms with Gasteiger partial charge in [-0.3, -0.25) is 14.6 Å². The predicted octanol–water partition coefficient (Wildman–Crippen LogP) is 1.53. The normalized spacial score (nSPS) is 26.9. The van der Waals surface area contributed by atoms with E-state index in [9.17, 15) is 9.59 Å². The number of Topliss-reactive ketones (excluding diaryl/α,β-unsaturated/α-hetero) is 1. The Kier molecular flexibility index (Phi) is 6.55. The van der Waals surface area contributed by atoms with E-state index in [0.29, 0.717) is 11.4 Å². The number of nitrogens with one attached hydrogen (secondary N) is 2. The van der Waals surface area contributed by atoms with E-state index in [1.54, 1.807) is 49.7 Å². The van der Waals surface area contributed by atoms with Crippen LogP contribution in [0.2, 0.25) is 0 Å². The van der Waals surface area contributed by atoms with E-state index in [4.69, 9.17) is 19.3 Å². The number of allylic oxidation sites excluding steroid dienone is 3. The van der Waals surface area contributed by atoms with Crippen LogP contribution in [0.4, 0.5) is 5.69 Å². The summed E-state index contributed by atoms with van der Waals surface area (Å²) in [5.74, 6) is -1.77. The fraction of sp³-hybridized carbons (Fsp3) is 0.348. The average Bonchev–Trinajstić information content (AvgIpc) is 3.34. The largest absolute Gasteiger partial charge is 0.489 e. The lowest BCUT2D eigenvalue weighted by atomic mass is 9.96. The van der Waals surface area contributed by atoms with E-state index in [-0.39, 0.29) is 37.7 Å². The molecule has 0 aliphatic carbocycles. The van der Waals surface area contributed by atoms with E-state index in [1.807, 2.05) is 12.2 Å². The number of hydrogen-bond acceptors (Lipinski definition) is 9. The minimum absolute atomic E-state index is 0.0236. The number of anilines is 1. The Morgan fingerprint density at radius 1 is 1.38 bits per heavy atom. The zero-order chi connectivity index (χ0) is 22.5. The van der Waals surface area contributed by atoms with Crippen molar-refractivity contribution < 1.29 is 28.9 Å². The summed E-state index contributed by atoms with van der Waals surface area (Å²) in [6, 6.07) is 7.02. The summed E-state index contributed by atoms with van der Waals surface area (Å²) < 4.78 is 16.6. The third-order valence-electron chi connectivity index (χ3n) is 5.25. The molecule has 0 saturated carbocycles. The Labute approximate surface area is 185 Å². The zero-order valence-corrected chi connectivity index (χ0v) is 17.6. The molecule has 0 amide bonds. The van der Waals surface area contributed by atoms with Gasteiger partial charge in [-0.1, -0.05) is 18.2 Å². The number of benzene rings is 1. The van der Waals surface area contributed by atoms with E-state index in [1.165, 1.54) is 0 Å². The van der Waals surface area contributed by atoms with Gasteiger partial charge in [-0.2, -0.15) is 0 Å². The minimum Gasteiger partial charge on any atom is -0.489 e. The molecule has 3 aliphatic heterocycles. The molecule has 1 aromatic rings. The van der Waals surface area contributed by atoms with E-state index in [2.05, 4.69) is 15.6 Å². The van der Waals surface area contributed by atoms with E-state index in [0.717, 1.165) is 5.57 Å². The molecule has 4 unspecified atom stereocenters. The van der Waals surface area contributed by atoms with Gasteiger partial charge in [0.2, 0.25) is 5.78 Å². The van der Waals surface area contributed by atoms with Gasteiger partial charge in [0.15, 0.2) is 17.9 Å². The minimum atomic E-state index is -1.17. The lowest BCUT2D eigenvalue weighted by Gasteiger charge is -2.20. The Bertz CT molecular complexity index is 999. The van der Waals surface area contributed by atoms with Crippen molar-refractivity contribution in [1.29, 1.82) is 0 Å². The van der Waals surface area contributed by atoms with Crippen molar-refractivity contribution in [2.75, 3.05) is 25.1 Å². The van der Waals surface area contributed by atoms with Crippen LogP contribution in [0.15, 0.2) is 65.0 Å². The van der Waals surface area contributed by atoms with Gasteiger partial charge in [0, 0.05) is 18.3 Å². The van der Waals surface area contributed by atoms with Crippen LogP contribution in [0.25, 0.3) is 0 Å². The Hall–Kier alpha value is -3.59. The Morgan fingerprint density at radius 3 is 3.03 bits per heavy atom. The number of aliphatic hydroxyl groups is 1. The summed E-state index contributed by atoms with van der Waals surface area (Å²) in [6.45, 7) is 1.79. The first-order chi connectivity index (χ1) is 15.6. The number of esters is 1. The number of ether oxygens (including phenoxy) is 3. The van der Waals surface area contributed by atoms with Crippen molar-refractivity contribution in [3.05, 3.63) is 60.0 Å². The van der Waals surface area contributed by atoms with Gasteiger partial charge in [-0.15, -0.1) is 0 Å². The summed E-state index contributed by atoms with van der Waals surface area (Å²) in [4.78, 5) is 30.1. The standard InChI is InChI=1S/C23H25N3O6/c1-2-30-23(29)19-20(28)18(12-14-13-25-21-15(14)6-5-9-24-21)32-22(19)26-16-7-3-4-8-17(16)31-11-10-27/h3-9,12-13,15,19,21-22,25-27H,2,10-11H2,1H3/b18-12-. The number of ketones is 1. The third kappa shape index (κ3) is 4.38. The fourth-order valence-corrected chi connectivity index (χ4v) is 3.77. The maximum absolute atomic E-state index is 13.1. The SMILES string of the molecule is CCOC(=O)C1C(=O)/C(=C/C2=CNC3N=CC=CC23)OC1Nc1ccccc1OCCO. The number of fused-ring (bicyclic) bond motifs is 1. The molecule has 3 heterocycles. The summed E-state index contributed by atoms with van der Waals surface area (Å²) >= 11 is 0. The zero-order valence-electron chi connectivity index (χ0n) is 17.6. The first-order valence-electron chi connectivity index (χ1n) is 10.5. The number of hydrogen-bond donors (Lipinski definition) is 3. The van der Waals surface area contributed by atoms with Crippen LogP contribution >= 0.6 is 0 Å². The van der Waals surface area contributed by atoms with Crippen LogP contribution in [-0.2, 0) is 19.1 Å². The van der Waals surface area contributed by atoms with Gasteiger partial charge in [0.05, 0.1) is 18.9 Å². The van der Waals surface area contributed by atoms with Crippen molar-refractivity contribution in [1.82, 2.24) is 5.32 Å². The van der Waals surface area contributed by atoms with Gasteiger partial charge in [-0.25, -0.2) is 0 Å². The number of rotatable bonds is 8. The molecular formula is C23H25N3O6. The van der Waals surface area contributed by atoms with Crippen LogP contribution in [0.1, 0.15) is 6.92 Å². The van der Waals surface area contributed by atoms with Crippen molar-refractivity contribution in [2.24, 2.45) is 16.8 Å².